The van der Waals surface area contributed by atoms with Gasteiger partial charge in [-0.05, 0) is 6.92 Å². The Hall–Kier alpha value is -1.62. The molecule has 1 N–H and O–H groups in total. The zero-order valence-corrected chi connectivity index (χ0v) is 8.18. The largest absolute Gasteiger partial charge is 0.391 e. The topological polar surface area (TPSA) is 55.9 Å². The Bertz CT molecular complexity index is 430. The SMILES string of the molecule is Cc1nn(C)c(-n2ccnc2)c1CO. The van der Waals surface area contributed by atoms with E-state index in [1.165, 1.54) is 0 Å². The number of rotatable bonds is 2. The Morgan fingerprint density at radius 2 is 2.29 bits per heavy atom. The van der Waals surface area contributed by atoms with Crippen LogP contribution >= 0.6 is 0 Å². The predicted molar refractivity (Wildman–Crippen MR) is 51.0 cm³/mol. The highest BCUT2D eigenvalue weighted by atomic mass is 16.3. The molecule has 2 aromatic heterocycles. The zero-order valence-electron chi connectivity index (χ0n) is 8.18. The number of nitrogens with zero attached hydrogens (tertiary/aromatic N) is 4. The van der Waals surface area contributed by atoms with Gasteiger partial charge in [0.05, 0.1) is 12.3 Å². The molecule has 0 aliphatic heterocycles. The Morgan fingerprint density at radius 1 is 1.50 bits per heavy atom. The molecule has 5 heteroatoms. The molecule has 0 fully saturated rings. The molecule has 2 heterocycles. The van der Waals surface area contributed by atoms with Gasteiger partial charge < -0.3 is 5.11 Å². The molecule has 2 aromatic rings. The third kappa shape index (κ3) is 1.22. The molecule has 14 heavy (non-hydrogen) atoms. The summed E-state index contributed by atoms with van der Waals surface area (Å²) in [6, 6.07) is 0. The molecule has 0 saturated heterocycles. The lowest BCUT2D eigenvalue weighted by molar-refractivity contribution is 0.280. The van der Waals surface area contributed by atoms with Crippen LogP contribution in [0.15, 0.2) is 18.7 Å². The molecule has 0 saturated carbocycles. The van der Waals surface area contributed by atoms with Crippen molar-refractivity contribution >= 4 is 0 Å². The second kappa shape index (κ2) is 3.26. The van der Waals surface area contributed by atoms with Gasteiger partial charge in [-0.2, -0.15) is 5.10 Å². The number of aliphatic hydroxyl groups is 1. The normalized spacial score (nSPS) is 10.8. The number of aryl methyl sites for hydroxylation is 2. The first-order valence-corrected chi connectivity index (χ1v) is 4.35. The maximum atomic E-state index is 9.22. The molecule has 5 nitrogen and oxygen atoms in total. The molecule has 0 aromatic carbocycles. The fourth-order valence-electron chi connectivity index (χ4n) is 1.58. The summed E-state index contributed by atoms with van der Waals surface area (Å²) in [5.41, 5.74) is 1.68. The predicted octanol–water partition coefficient (Wildman–Crippen LogP) is 0.407. The highest BCUT2D eigenvalue weighted by molar-refractivity contribution is 5.37. The van der Waals surface area contributed by atoms with Crippen molar-refractivity contribution in [1.82, 2.24) is 19.3 Å². The highest BCUT2D eigenvalue weighted by Crippen LogP contribution is 2.16. The number of aliphatic hydroxyl groups excluding tert-OH is 1. The van der Waals surface area contributed by atoms with Crippen LogP contribution in [0.25, 0.3) is 5.82 Å². The first-order chi connectivity index (χ1) is 6.74. The van der Waals surface area contributed by atoms with Crippen molar-refractivity contribution in [2.75, 3.05) is 0 Å². The summed E-state index contributed by atoms with van der Waals surface area (Å²) in [4.78, 5) is 3.96. The fourth-order valence-corrected chi connectivity index (χ4v) is 1.58. The minimum atomic E-state index is -0.00676. The van der Waals surface area contributed by atoms with Crippen molar-refractivity contribution < 1.29 is 5.11 Å². The second-order valence-corrected chi connectivity index (χ2v) is 3.14. The van der Waals surface area contributed by atoms with E-state index in [-0.39, 0.29) is 6.61 Å². The molecule has 0 aliphatic carbocycles. The molecule has 0 atom stereocenters. The smallest absolute Gasteiger partial charge is 0.141 e. The minimum absolute atomic E-state index is 0.00676. The van der Waals surface area contributed by atoms with E-state index in [9.17, 15) is 5.11 Å². The molecule has 74 valence electrons. The second-order valence-electron chi connectivity index (χ2n) is 3.14. The maximum absolute atomic E-state index is 9.22. The summed E-state index contributed by atoms with van der Waals surface area (Å²) in [5.74, 6) is 0.863. The summed E-state index contributed by atoms with van der Waals surface area (Å²) >= 11 is 0. The monoisotopic (exact) mass is 192 g/mol. The number of imidazole rings is 1. The quantitative estimate of drug-likeness (QED) is 0.749. The van der Waals surface area contributed by atoms with Gasteiger partial charge in [-0.1, -0.05) is 0 Å². The molecular weight excluding hydrogens is 180 g/mol. The first kappa shape index (κ1) is 8.96. The third-order valence-corrected chi connectivity index (χ3v) is 2.22. The van der Waals surface area contributed by atoms with E-state index in [2.05, 4.69) is 10.1 Å². The van der Waals surface area contributed by atoms with E-state index < -0.39 is 0 Å². The maximum Gasteiger partial charge on any atom is 0.141 e. The molecule has 0 aliphatic rings. The number of aromatic nitrogens is 4. The van der Waals surface area contributed by atoms with Crippen molar-refractivity contribution in [1.29, 1.82) is 0 Å². The van der Waals surface area contributed by atoms with E-state index in [0.717, 1.165) is 17.1 Å². The zero-order chi connectivity index (χ0) is 10.1. The molecule has 2 rings (SSSR count). The van der Waals surface area contributed by atoms with Crippen LogP contribution in [0.2, 0.25) is 0 Å². The van der Waals surface area contributed by atoms with Gasteiger partial charge in [-0.15, -0.1) is 0 Å². The van der Waals surface area contributed by atoms with Crippen LogP contribution in [-0.4, -0.2) is 24.4 Å². The minimum Gasteiger partial charge on any atom is -0.391 e. The van der Waals surface area contributed by atoms with Crippen LogP contribution in [0.3, 0.4) is 0 Å². The van der Waals surface area contributed by atoms with Crippen molar-refractivity contribution in [3.63, 3.8) is 0 Å². The Kier molecular flexibility index (Phi) is 2.09. The molecule has 0 amide bonds. The Balaban J connectivity index is 2.62. The highest BCUT2D eigenvalue weighted by Gasteiger charge is 2.13. The van der Waals surface area contributed by atoms with E-state index in [1.807, 2.05) is 24.7 Å². The molecule has 0 bridgehead atoms. The van der Waals surface area contributed by atoms with Gasteiger partial charge in [0, 0.05) is 25.0 Å². The van der Waals surface area contributed by atoms with E-state index in [0.29, 0.717) is 0 Å². The lowest BCUT2D eigenvalue weighted by Gasteiger charge is -2.04. The average molecular weight is 192 g/mol. The summed E-state index contributed by atoms with van der Waals surface area (Å²) in [6.45, 7) is 1.87. The van der Waals surface area contributed by atoms with Crippen LogP contribution in [0, 0.1) is 6.92 Å². The number of hydrogen-bond acceptors (Lipinski definition) is 3. The van der Waals surface area contributed by atoms with Gasteiger partial charge in [0.25, 0.3) is 0 Å². The van der Waals surface area contributed by atoms with Gasteiger partial charge in [0.2, 0.25) is 0 Å². The van der Waals surface area contributed by atoms with Gasteiger partial charge in [-0.3, -0.25) is 9.25 Å². The standard InChI is InChI=1S/C9H12N4O/c1-7-8(5-14)9(12(2)11-7)13-4-3-10-6-13/h3-4,6,14H,5H2,1-2H3. The van der Waals surface area contributed by atoms with E-state index >= 15 is 0 Å². The molecule has 0 unspecified atom stereocenters. The van der Waals surface area contributed by atoms with Crippen molar-refractivity contribution in [3.8, 4) is 5.82 Å². The van der Waals surface area contributed by atoms with Gasteiger partial charge in [-0.25, -0.2) is 4.98 Å². The molecule has 0 spiro atoms. The van der Waals surface area contributed by atoms with Crippen LogP contribution in [0.1, 0.15) is 11.3 Å². The Morgan fingerprint density at radius 3 is 2.86 bits per heavy atom. The van der Waals surface area contributed by atoms with Crippen LogP contribution < -0.4 is 0 Å². The fraction of sp³-hybridized carbons (Fsp3) is 0.333. The van der Waals surface area contributed by atoms with E-state index in [1.54, 1.807) is 17.2 Å². The summed E-state index contributed by atoms with van der Waals surface area (Å²) in [5, 5.41) is 13.5. The lowest BCUT2D eigenvalue weighted by Crippen LogP contribution is -2.03. The first-order valence-electron chi connectivity index (χ1n) is 4.35. The van der Waals surface area contributed by atoms with Gasteiger partial charge in [0.1, 0.15) is 12.1 Å². The summed E-state index contributed by atoms with van der Waals surface area (Å²) < 4.78 is 3.58. The van der Waals surface area contributed by atoms with Crippen LogP contribution in [-0.2, 0) is 13.7 Å². The van der Waals surface area contributed by atoms with Crippen LogP contribution in [0.5, 0.6) is 0 Å². The number of hydrogen-bond donors (Lipinski definition) is 1. The lowest BCUT2D eigenvalue weighted by atomic mass is 10.2. The van der Waals surface area contributed by atoms with Gasteiger partial charge in [0.15, 0.2) is 0 Å². The summed E-state index contributed by atoms with van der Waals surface area (Å²) in [6.07, 6.45) is 5.22. The molecular formula is C9H12N4O. The van der Waals surface area contributed by atoms with Crippen LogP contribution in [0.4, 0.5) is 0 Å². The van der Waals surface area contributed by atoms with E-state index in [4.69, 9.17) is 0 Å². The van der Waals surface area contributed by atoms with Gasteiger partial charge >= 0.3 is 0 Å². The van der Waals surface area contributed by atoms with Crippen molar-refractivity contribution in [2.45, 2.75) is 13.5 Å². The average Bonchev–Trinajstić information content (AvgIpc) is 2.72. The van der Waals surface area contributed by atoms with Crippen molar-refractivity contribution in [2.24, 2.45) is 7.05 Å². The Labute approximate surface area is 81.6 Å². The van der Waals surface area contributed by atoms with Crippen molar-refractivity contribution in [3.05, 3.63) is 30.0 Å². The molecule has 0 radical (unpaired) electrons. The summed E-state index contributed by atoms with van der Waals surface area (Å²) in [7, 11) is 1.85. The third-order valence-electron chi connectivity index (χ3n) is 2.22.